The molecule has 1 unspecified atom stereocenters. The lowest BCUT2D eigenvalue weighted by molar-refractivity contribution is 0.160. The highest BCUT2D eigenvalue weighted by atomic mass is 35.5. The van der Waals surface area contributed by atoms with Crippen molar-refractivity contribution in [2.45, 2.75) is 32.5 Å². The maximum atomic E-state index is 10.6. The molecule has 0 aliphatic carbocycles. The molecule has 1 aromatic heterocycles. The topological polar surface area (TPSA) is 47.3 Å². The van der Waals surface area contributed by atoms with Crippen LogP contribution in [0.1, 0.15) is 35.5 Å². The average molecular weight is 309 g/mol. The van der Waals surface area contributed by atoms with Crippen LogP contribution in [0.15, 0.2) is 24.3 Å². The molecule has 0 spiro atoms. The number of aromatic nitrogens is 2. The summed E-state index contributed by atoms with van der Waals surface area (Å²) in [5, 5.41) is 15.6. The lowest BCUT2D eigenvalue weighted by atomic mass is 9.99. The number of benzene rings is 1. The monoisotopic (exact) mass is 308 g/mol. The number of hydrogen-bond acceptors (Lipinski definition) is 3. The second kappa shape index (κ2) is 7.07. The smallest absolute Gasteiger partial charge is 0.0850 e. The molecule has 0 saturated heterocycles. The van der Waals surface area contributed by atoms with Gasteiger partial charge >= 0.3 is 0 Å². The molecule has 4 nitrogen and oxygen atoms in total. The first-order chi connectivity index (χ1) is 10.1. The molecule has 1 aromatic carbocycles. The standard InChI is InChI=1S/C16H21ClN2O2/c1-4-13-16(17)14(19(2)18-13)9-15(20)12-8-6-5-7-11(12)10-21-3/h5-8,15,20H,4,9-10H2,1-3H3. The van der Waals surface area contributed by atoms with Gasteiger partial charge in [0.05, 0.1) is 29.1 Å². The van der Waals surface area contributed by atoms with Crippen molar-refractivity contribution >= 4 is 11.6 Å². The van der Waals surface area contributed by atoms with Gasteiger partial charge in [-0.25, -0.2) is 0 Å². The predicted molar refractivity (Wildman–Crippen MR) is 83.4 cm³/mol. The zero-order valence-corrected chi connectivity index (χ0v) is 13.4. The van der Waals surface area contributed by atoms with Crippen molar-refractivity contribution in [3.8, 4) is 0 Å². The zero-order valence-electron chi connectivity index (χ0n) is 12.6. The van der Waals surface area contributed by atoms with Crippen LogP contribution in [0, 0.1) is 0 Å². The molecule has 1 N–H and O–H groups in total. The molecule has 0 fully saturated rings. The van der Waals surface area contributed by atoms with Crippen molar-refractivity contribution < 1.29 is 9.84 Å². The highest BCUT2D eigenvalue weighted by Gasteiger charge is 2.19. The fourth-order valence-corrected chi connectivity index (χ4v) is 2.85. The molecule has 2 aromatic rings. The summed E-state index contributed by atoms with van der Waals surface area (Å²) in [6.45, 7) is 2.49. The van der Waals surface area contributed by atoms with Crippen molar-refractivity contribution in [3.05, 3.63) is 51.8 Å². The molecule has 0 amide bonds. The Hall–Kier alpha value is -1.36. The van der Waals surface area contributed by atoms with Crippen LogP contribution in [0.25, 0.3) is 0 Å². The minimum absolute atomic E-state index is 0.434. The molecule has 0 saturated carbocycles. The molecular weight excluding hydrogens is 288 g/mol. The second-order valence-corrected chi connectivity index (χ2v) is 5.41. The van der Waals surface area contributed by atoms with Gasteiger partial charge in [0.15, 0.2) is 0 Å². The van der Waals surface area contributed by atoms with Gasteiger partial charge in [0.1, 0.15) is 0 Å². The SMILES string of the molecule is CCc1nn(C)c(CC(O)c2ccccc2COC)c1Cl. The molecule has 0 radical (unpaired) electrons. The lowest BCUT2D eigenvalue weighted by Gasteiger charge is -2.15. The quantitative estimate of drug-likeness (QED) is 0.892. The second-order valence-electron chi connectivity index (χ2n) is 5.04. The van der Waals surface area contributed by atoms with Crippen molar-refractivity contribution in [1.29, 1.82) is 0 Å². The number of rotatable bonds is 6. The van der Waals surface area contributed by atoms with Crippen molar-refractivity contribution in [2.75, 3.05) is 7.11 Å². The molecular formula is C16H21ClN2O2. The summed E-state index contributed by atoms with van der Waals surface area (Å²) in [6.07, 6.45) is 0.584. The van der Waals surface area contributed by atoms with Crippen molar-refractivity contribution in [1.82, 2.24) is 9.78 Å². The lowest BCUT2D eigenvalue weighted by Crippen LogP contribution is -2.09. The first kappa shape index (κ1) is 16.0. The fourth-order valence-electron chi connectivity index (χ4n) is 2.48. The number of methoxy groups -OCH3 is 1. The number of halogens is 1. The number of aryl methyl sites for hydroxylation is 2. The zero-order chi connectivity index (χ0) is 15.4. The van der Waals surface area contributed by atoms with E-state index < -0.39 is 6.10 Å². The van der Waals surface area contributed by atoms with Gasteiger partial charge in [-0.3, -0.25) is 4.68 Å². The van der Waals surface area contributed by atoms with E-state index >= 15 is 0 Å². The number of nitrogens with zero attached hydrogens (tertiary/aromatic N) is 2. The van der Waals surface area contributed by atoms with E-state index in [-0.39, 0.29) is 0 Å². The Kier molecular flexibility index (Phi) is 5.39. The molecule has 1 heterocycles. The van der Waals surface area contributed by atoms with E-state index in [4.69, 9.17) is 16.3 Å². The summed E-state index contributed by atoms with van der Waals surface area (Å²) in [7, 11) is 3.50. The van der Waals surface area contributed by atoms with E-state index in [1.165, 1.54) is 0 Å². The third-order valence-corrected chi connectivity index (χ3v) is 4.04. The molecule has 0 bridgehead atoms. The Balaban J connectivity index is 2.26. The van der Waals surface area contributed by atoms with Gasteiger partial charge in [0.25, 0.3) is 0 Å². The highest BCUT2D eigenvalue weighted by Crippen LogP contribution is 2.28. The maximum Gasteiger partial charge on any atom is 0.0850 e. The molecule has 114 valence electrons. The average Bonchev–Trinajstić information content (AvgIpc) is 2.75. The van der Waals surface area contributed by atoms with Crippen molar-refractivity contribution in [2.24, 2.45) is 7.05 Å². The Labute approximate surface area is 130 Å². The summed E-state index contributed by atoms with van der Waals surface area (Å²) in [5.41, 5.74) is 3.58. The summed E-state index contributed by atoms with van der Waals surface area (Å²) in [5.74, 6) is 0. The number of hydrogen-bond donors (Lipinski definition) is 1. The fraction of sp³-hybridized carbons (Fsp3) is 0.438. The Bertz CT molecular complexity index is 610. The number of aliphatic hydroxyl groups is 1. The molecule has 5 heteroatoms. The van der Waals surface area contributed by atoms with E-state index in [9.17, 15) is 5.11 Å². The van der Waals surface area contributed by atoms with Crippen LogP contribution >= 0.6 is 11.6 Å². The van der Waals surface area contributed by atoms with Crippen LogP contribution in [-0.2, 0) is 31.2 Å². The third-order valence-electron chi connectivity index (χ3n) is 3.60. The maximum absolute atomic E-state index is 10.6. The van der Waals surface area contributed by atoms with Gasteiger partial charge in [0, 0.05) is 20.6 Å². The van der Waals surface area contributed by atoms with E-state index in [2.05, 4.69) is 5.10 Å². The predicted octanol–water partition coefficient (Wildman–Crippen LogP) is 3.06. The first-order valence-electron chi connectivity index (χ1n) is 7.03. The van der Waals surface area contributed by atoms with Crippen LogP contribution in [0.5, 0.6) is 0 Å². The van der Waals surface area contributed by atoms with E-state index in [1.54, 1.807) is 11.8 Å². The third kappa shape index (κ3) is 3.46. The minimum Gasteiger partial charge on any atom is -0.388 e. The summed E-state index contributed by atoms with van der Waals surface area (Å²) in [6, 6.07) is 7.74. The van der Waals surface area contributed by atoms with Gasteiger partial charge in [-0.05, 0) is 17.5 Å². The van der Waals surface area contributed by atoms with Crippen LogP contribution in [0.3, 0.4) is 0 Å². The molecule has 2 rings (SSSR count). The van der Waals surface area contributed by atoms with Gasteiger partial charge in [-0.2, -0.15) is 5.10 Å². The number of aliphatic hydroxyl groups excluding tert-OH is 1. The largest absolute Gasteiger partial charge is 0.388 e. The summed E-state index contributed by atoms with van der Waals surface area (Å²) >= 11 is 6.34. The van der Waals surface area contributed by atoms with Gasteiger partial charge in [-0.1, -0.05) is 42.8 Å². The van der Waals surface area contributed by atoms with Gasteiger partial charge < -0.3 is 9.84 Å². The van der Waals surface area contributed by atoms with Crippen LogP contribution < -0.4 is 0 Å². The molecule has 0 aliphatic heterocycles. The molecule has 1 atom stereocenters. The normalized spacial score (nSPS) is 12.6. The van der Waals surface area contributed by atoms with E-state index in [0.29, 0.717) is 18.1 Å². The van der Waals surface area contributed by atoms with Gasteiger partial charge in [0.2, 0.25) is 0 Å². The first-order valence-corrected chi connectivity index (χ1v) is 7.41. The summed E-state index contributed by atoms with van der Waals surface area (Å²) in [4.78, 5) is 0. The highest BCUT2D eigenvalue weighted by molar-refractivity contribution is 6.31. The van der Waals surface area contributed by atoms with Crippen molar-refractivity contribution in [3.63, 3.8) is 0 Å². The Morgan fingerprint density at radius 2 is 2.10 bits per heavy atom. The summed E-state index contributed by atoms with van der Waals surface area (Å²) < 4.78 is 6.94. The van der Waals surface area contributed by atoms with Crippen LogP contribution in [-0.4, -0.2) is 22.0 Å². The van der Waals surface area contributed by atoms with Crippen LogP contribution in [0.4, 0.5) is 0 Å². The molecule has 0 aliphatic rings. The minimum atomic E-state index is -0.631. The van der Waals surface area contributed by atoms with Gasteiger partial charge in [-0.15, -0.1) is 0 Å². The Morgan fingerprint density at radius 1 is 1.38 bits per heavy atom. The Morgan fingerprint density at radius 3 is 2.71 bits per heavy atom. The van der Waals surface area contributed by atoms with Crippen LogP contribution in [0.2, 0.25) is 5.02 Å². The molecule has 21 heavy (non-hydrogen) atoms. The number of ether oxygens (including phenoxy) is 1. The van der Waals surface area contributed by atoms with E-state index in [1.807, 2.05) is 38.2 Å². The van der Waals surface area contributed by atoms with E-state index in [0.717, 1.165) is 28.9 Å².